The van der Waals surface area contributed by atoms with E-state index >= 15 is 0 Å². The maximum Gasteiger partial charge on any atom is -0.0149 e. The number of rotatable bonds is 0. The summed E-state index contributed by atoms with van der Waals surface area (Å²) < 4.78 is 0. The minimum Gasteiger partial charge on any atom is -0.0995 e. The minimum atomic E-state index is 0.566. The SMILES string of the molecule is C=C1CC2C(C)CC1C2(C)C. The van der Waals surface area contributed by atoms with Crippen molar-refractivity contribution in [3.8, 4) is 0 Å². The van der Waals surface area contributed by atoms with Crippen molar-refractivity contribution >= 4 is 0 Å². The fourth-order valence-electron chi connectivity index (χ4n) is 3.41. The van der Waals surface area contributed by atoms with Gasteiger partial charge in [0, 0.05) is 0 Å². The van der Waals surface area contributed by atoms with Gasteiger partial charge in [0.25, 0.3) is 0 Å². The lowest BCUT2D eigenvalue weighted by molar-refractivity contribution is 0.242. The van der Waals surface area contributed by atoms with Crippen LogP contribution < -0.4 is 0 Å². The van der Waals surface area contributed by atoms with Gasteiger partial charge in [-0.3, -0.25) is 0 Å². The molecule has 3 unspecified atom stereocenters. The van der Waals surface area contributed by atoms with Gasteiger partial charge in [-0.25, -0.2) is 0 Å². The van der Waals surface area contributed by atoms with Gasteiger partial charge in [0.1, 0.15) is 0 Å². The Balaban J connectivity index is 2.35. The molecule has 2 bridgehead atoms. The molecule has 62 valence electrons. The Morgan fingerprint density at radius 1 is 1.45 bits per heavy atom. The van der Waals surface area contributed by atoms with Crippen LogP contribution in [0.5, 0.6) is 0 Å². The van der Waals surface area contributed by atoms with E-state index in [1.165, 1.54) is 18.4 Å². The van der Waals surface area contributed by atoms with Crippen molar-refractivity contribution < 1.29 is 0 Å². The Morgan fingerprint density at radius 2 is 2.09 bits per heavy atom. The molecule has 0 heterocycles. The van der Waals surface area contributed by atoms with E-state index in [-0.39, 0.29) is 0 Å². The van der Waals surface area contributed by atoms with E-state index in [9.17, 15) is 0 Å². The first kappa shape index (κ1) is 7.39. The summed E-state index contributed by atoms with van der Waals surface area (Å²) in [5.41, 5.74) is 2.09. The molecule has 0 amide bonds. The van der Waals surface area contributed by atoms with E-state index in [1.807, 2.05) is 0 Å². The van der Waals surface area contributed by atoms with Gasteiger partial charge in [0.05, 0.1) is 0 Å². The lowest BCUT2D eigenvalue weighted by Crippen LogP contribution is -2.18. The summed E-state index contributed by atoms with van der Waals surface area (Å²) in [7, 11) is 0. The second-order valence-electron chi connectivity index (χ2n) is 5.06. The predicted molar refractivity (Wildman–Crippen MR) is 48.3 cm³/mol. The molecule has 0 saturated heterocycles. The summed E-state index contributed by atoms with van der Waals surface area (Å²) in [5.74, 6) is 2.71. The van der Waals surface area contributed by atoms with Crippen LogP contribution in [0.4, 0.5) is 0 Å². The quantitative estimate of drug-likeness (QED) is 0.465. The number of fused-ring (bicyclic) bond motifs is 2. The van der Waals surface area contributed by atoms with Gasteiger partial charge in [-0.1, -0.05) is 32.9 Å². The Morgan fingerprint density at radius 3 is 2.36 bits per heavy atom. The van der Waals surface area contributed by atoms with Crippen LogP contribution in [0.1, 0.15) is 33.6 Å². The highest BCUT2D eigenvalue weighted by Gasteiger charge is 2.53. The summed E-state index contributed by atoms with van der Waals surface area (Å²) >= 11 is 0. The molecule has 0 heteroatoms. The van der Waals surface area contributed by atoms with Crippen LogP contribution in [0.2, 0.25) is 0 Å². The molecule has 0 aromatic carbocycles. The molecule has 2 saturated carbocycles. The summed E-state index contributed by atoms with van der Waals surface area (Å²) in [5, 5.41) is 0. The van der Waals surface area contributed by atoms with E-state index in [0.29, 0.717) is 5.41 Å². The van der Waals surface area contributed by atoms with Gasteiger partial charge < -0.3 is 0 Å². The van der Waals surface area contributed by atoms with E-state index < -0.39 is 0 Å². The van der Waals surface area contributed by atoms with Crippen molar-refractivity contribution in [3.63, 3.8) is 0 Å². The minimum absolute atomic E-state index is 0.566. The lowest BCUT2D eigenvalue weighted by atomic mass is 9.80. The van der Waals surface area contributed by atoms with Crippen molar-refractivity contribution in [2.75, 3.05) is 0 Å². The molecule has 0 N–H and O–H groups in total. The van der Waals surface area contributed by atoms with Crippen LogP contribution in [0, 0.1) is 23.2 Å². The van der Waals surface area contributed by atoms with Crippen LogP contribution in [0.15, 0.2) is 12.2 Å². The molecule has 11 heavy (non-hydrogen) atoms. The van der Waals surface area contributed by atoms with Crippen molar-refractivity contribution in [3.05, 3.63) is 12.2 Å². The van der Waals surface area contributed by atoms with Gasteiger partial charge in [0.2, 0.25) is 0 Å². The first-order valence-electron chi connectivity index (χ1n) is 4.71. The maximum atomic E-state index is 4.17. The van der Waals surface area contributed by atoms with Gasteiger partial charge in [-0.2, -0.15) is 0 Å². The third-order valence-electron chi connectivity index (χ3n) is 4.12. The molecule has 0 aromatic rings. The van der Waals surface area contributed by atoms with Crippen molar-refractivity contribution in [1.29, 1.82) is 0 Å². The van der Waals surface area contributed by atoms with Crippen LogP contribution in [0.3, 0.4) is 0 Å². The third-order valence-corrected chi connectivity index (χ3v) is 4.12. The zero-order valence-corrected chi connectivity index (χ0v) is 7.85. The molecule has 0 radical (unpaired) electrons. The zero-order chi connectivity index (χ0) is 8.22. The fraction of sp³-hybridized carbons (Fsp3) is 0.818. The number of allylic oxidation sites excluding steroid dienone is 1. The van der Waals surface area contributed by atoms with Crippen LogP contribution >= 0.6 is 0 Å². The van der Waals surface area contributed by atoms with E-state index in [0.717, 1.165) is 17.8 Å². The molecule has 0 nitrogen and oxygen atoms in total. The molecule has 0 aliphatic heterocycles. The summed E-state index contributed by atoms with van der Waals surface area (Å²) in [6, 6.07) is 0. The largest absolute Gasteiger partial charge is 0.0995 e. The van der Waals surface area contributed by atoms with Gasteiger partial charge in [-0.15, -0.1) is 0 Å². The highest BCUT2D eigenvalue weighted by molar-refractivity contribution is 5.20. The van der Waals surface area contributed by atoms with Crippen LogP contribution in [0.25, 0.3) is 0 Å². The Hall–Kier alpha value is -0.260. The molecular weight excluding hydrogens is 132 g/mol. The third kappa shape index (κ3) is 0.758. The van der Waals surface area contributed by atoms with Crippen molar-refractivity contribution in [2.24, 2.45) is 23.2 Å². The summed E-state index contributed by atoms with van der Waals surface area (Å²) in [6.07, 6.45) is 2.70. The summed E-state index contributed by atoms with van der Waals surface area (Å²) in [6.45, 7) is 11.4. The van der Waals surface area contributed by atoms with Crippen LogP contribution in [-0.2, 0) is 0 Å². The first-order chi connectivity index (χ1) is 5.03. The van der Waals surface area contributed by atoms with Gasteiger partial charge >= 0.3 is 0 Å². The van der Waals surface area contributed by atoms with E-state index in [4.69, 9.17) is 0 Å². The predicted octanol–water partition coefficient (Wildman–Crippen LogP) is 3.24. The van der Waals surface area contributed by atoms with E-state index in [2.05, 4.69) is 27.4 Å². The first-order valence-corrected chi connectivity index (χ1v) is 4.71. The number of hydrogen-bond acceptors (Lipinski definition) is 0. The fourth-order valence-corrected chi connectivity index (χ4v) is 3.41. The van der Waals surface area contributed by atoms with Crippen molar-refractivity contribution in [1.82, 2.24) is 0 Å². The average molecular weight is 150 g/mol. The lowest BCUT2D eigenvalue weighted by Gasteiger charge is -2.24. The molecule has 2 aliphatic carbocycles. The molecule has 0 aromatic heterocycles. The molecule has 0 spiro atoms. The molecule has 3 atom stereocenters. The van der Waals surface area contributed by atoms with Gasteiger partial charge in [0.15, 0.2) is 0 Å². The van der Waals surface area contributed by atoms with Gasteiger partial charge in [-0.05, 0) is 36.0 Å². The normalized spacial score (nSPS) is 46.8. The zero-order valence-electron chi connectivity index (χ0n) is 7.85. The molecule has 2 rings (SSSR count). The molecule has 2 aliphatic rings. The second-order valence-corrected chi connectivity index (χ2v) is 5.06. The Kier molecular flexibility index (Phi) is 1.28. The maximum absolute atomic E-state index is 4.17. The number of hydrogen-bond donors (Lipinski definition) is 0. The topological polar surface area (TPSA) is 0 Å². The Bertz CT molecular complexity index is 200. The Labute approximate surface area is 69.7 Å². The highest BCUT2D eigenvalue weighted by atomic mass is 14.6. The standard InChI is InChI=1S/C11H18/c1-7-5-10-8(2)6-9(7)11(10,3)4/h8-10H,1,5-6H2,2-4H3. The molecular formula is C11H18. The van der Waals surface area contributed by atoms with Crippen LogP contribution in [-0.4, -0.2) is 0 Å². The van der Waals surface area contributed by atoms with Crippen molar-refractivity contribution in [2.45, 2.75) is 33.6 Å². The molecule has 2 fully saturated rings. The second kappa shape index (κ2) is 1.91. The monoisotopic (exact) mass is 150 g/mol. The smallest absolute Gasteiger partial charge is 0.0149 e. The average Bonchev–Trinajstić information content (AvgIpc) is 2.21. The summed E-state index contributed by atoms with van der Waals surface area (Å²) in [4.78, 5) is 0. The van der Waals surface area contributed by atoms with E-state index in [1.54, 1.807) is 0 Å². The highest BCUT2D eigenvalue weighted by Crippen LogP contribution is 2.61.